The van der Waals surface area contributed by atoms with Gasteiger partial charge in [0.2, 0.25) is 0 Å². The van der Waals surface area contributed by atoms with Crippen LogP contribution >= 0.6 is 0 Å². The minimum Gasteiger partial charge on any atom is -0.399 e. The summed E-state index contributed by atoms with van der Waals surface area (Å²) in [5, 5.41) is 3.04. The van der Waals surface area contributed by atoms with Crippen molar-refractivity contribution in [3.8, 4) is 0 Å². The smallest absolute Gasteiger partial charge is 0.251 e. The van der Waals surface area contributed by atoms with Crippen LogP contribution in [0, 0.1) is 5.92 Å². The molecule has 2 rings (SSSR count). The van der Waals surface area contributed by atoms with Gasteiger partial charge in [-0.1, -0.05) is 12.8 Å². The molecule has 0 aromatic heterocycles. The van der Waals surface area contributed by atoms with Crippen LogP contribution in [0.4, 0.5) is 11.4 Å². The summed E-state index contributed by atoms with van der Waals surface area (Å²) in [4.78, 5) is 12.1. The summed E-state index contributed by atoms with van der Waals surface area (Å²) in [5.41, 5.74) is 13.0. The number of anilines is 2. The van der Waals surface area contributed by atoms with Gasteiger partial charge in [-0.3, -0.25) is 4.79 Å². The lowest BCUT2D eigenvalue weighted by Gasteiger charge is -2.20. The zero-order valence-corrected chi connectivity index (χ0v) is 10.8. The van der Waals surface area contributed by atoms with Crippen LogP contribution in [0.1, 0.15) is 43.0 Å². The van der Waals surface area contributed by atoms with E-state index in [0.29, 0.717) is 22.9 Å². The number of benzene rings is 1. The van der Waals surface area contributed by atoms with E-state index in [1.54, 1.807) is 18.2 Å². The second-order valence-corrected chi connectivity index (χ2v) is 5.20. The van der Waals surface area contributed by atoms with E-state index in [2.05, 4.69) is 12.2 Å². The van der Waals surface area contributed by atoms with Gasteiger partial charge in [-0.05, 0) is 43.9 Å². The average molecular weight is 247 g/mol. The van der Waals surface area contributed by atoms with Gasteiger partial charge in [0.1, 0.15) is 0 Å². The summed E-state index contributed by atoms with van der Waals surface area (Å²) < 4.78 is 0. The lowest BCUT2D eigenvalue weighted by molar-refractivity contribution is 0.0927. The van der Waals surface area contributed by atoms with Crippen LogP contribution in [0.25, 0.3) is 0 Å². The van der Waals surface area contributed by atoms with Gasteiger partial charge in [0.25, 0.3) is 5.91 Å². The Morgan fingerprint density at radius 3 is 2.33 bits per heavy atom. The van der Waals surface area contributed by atoms with Crippen molar-refractivity contribution in [1.29, 1.82) is 0 Å². The van der Waals surface area contributed by atoms with E-state index in [1.807, 2.05) is 0 Å². The Bertz CT molecular complexity index is 418. The van der Waals surface area contributed by atoms with Crippen molar-refractivity contribution in [3.63, 3.8) is 0 Å². The molecule has 1 aliphatic carbocycles. The molecule has 0 heterocycles. The molecule has 1 aliphatic rings. The Labute approximate surface area is 108 Å². The Morgan fingerprint density at radius 2 is 1.78 bits per heavy atom. The van der Waals surface area contributed by atoms with Crippen LogP contribution < -0.4 is 16.8 Å². The summed E-state index contributed by atoms with van der Waals surface area (Å²) >= 11 is 0. The third-order valence-electron chi connectivity index (χ3n) is 3.71. The van der Waals surface area contributed by atoms with Gasteiger partial charge in [0.15, 0.2) is 0 Å². The molecule has 4 heteroatoms. The summed E-state index contributed by atoms with van der Waals surface area (Å²) in [6, 6.07) is 5.18. The normalized spacial score (nSPS) is 17.6. The number of amides is 1. The van der Waals surface area contributed by atoms with Crippen LogP contribution in [-0.4, -0.2) is 11.9 Å². The van der Waals surface area contributed by atoms with E-state index in [9.17, 15) is 4.79 Å². The molecule has 1 saturated carbocycles. The van der Waals surface area contributed by atoms with Crippen LogP contribution in [0.2, 0.25) is 0 Å². The topological polar surface area (TPSA) is 81.1 Å². The second-order valence-electron chi connectivity index (χ2n) is 5.20. The lowest BCUT2D eigenvalue weighted by atomic mass is 9.99. The molecule has 98 valence electrons. The van der Waals surface area contributed by atoms with Crippen LogP contribution in [-0.2, 0) is 0 Å². The second kappa shape index (κ2) is 5.29. The minimum atomic E-state index is -0.0894. The molecule has 1 unspecified atom stereocenters. The molecule has 0 radical (unpaired) electrons. The maximum atomic E-state index is 12.1. The third kappa shape index (κ3) is 2.94. The van der Waals surface area contributed by atoms with E-state index < -0.39 is 0 Å². The Kier molecular flexibility index (Phi) is 3.75. The van der Waals surface area contributed by atoms with Gasteiger partial charge in [0, 0.05) is 23.0 Å². The van der Waals surface area contributed by atoms with Crippen molar-refractivity contribution >= 4 is 17.3 Å². The van der Waals surface area contributed by atoms with Crippen molar-refractivity contribution in [2.75, 3.05) is 11.5 Å². The largest absolute Gasteiger partial charge is 0.399 e. The van der Waals surface area contributed by atoms with Crippen molar-refractivity contribution in [2.24, 2.45) is 5.92 Å². The standard InChI is InChI=1S/C14H21N3O/c1-9(10-4-2-3-5-10)17-14(18)11-6-12(15)8-13(16)7-11/h6-10H,2-5,15-16H2,1H3,(H,17,18). The zero-order valence-electron chi connectivity index (χ0n) is 10.8. The molecule has 1 amide bonds. The molecular weight excluding hydrogens is 226 g/mol. The number of carbonyl (C=O) groups is 1. The number of hydrogen-bond acceptors (Lipinski definition) is 3. The predicted molar refractivity (Wildman–Crippen MR) is 74.2 cm³/mol. The van der Waals surface area contributed by atoms with Crippen molar-refractivity contribution in [3.05, 3.63) is 23.8 Å². The molecule has 0 bridgehead atoms. The molecule has 5 N–H and O–H groups in total. The monoisotopic (exact) mass is 247 g/mol. The number of nitrogen functional groups attached to an aromatic ring is 2. The van der Waals surface area contributed by atoms with Gasteiger partial charge in [-0.25, -0.2) is 0 Å². The van der Waals surface area contributed by atoms with E-state index in [1.165, 1.54) is 25.7 Å². The van der Waals surface area contributed by atoms with Crippen molar-refractivity contribution < 1.29 is 4.79 Å². The number of rotatable bonds is 3. The van der Waals surface area contributed by atoms with Crippen molar-refractivity contribution in [2.45, 2.75) is 38.6 Å². The molecule has 1 atom stereocenters. The molecule has 0 saturated heterocycles. The number of nitrogens with one attached hydrogen (secondary N) is 1. The maximum absolute atomic E-state index is 12.1. The molecule has 4 nitrogen and oxygen atoms in total. The fourth-order valence-corrected chi connectivity index (χ4v) is 2.67. The number of carbonyl (C=O) groups excluding carboxylic acids is 1. The lowest BCUT2D eigenvalue weighted by Crippen LogP contribution is -2.37. The highest BCUT2D eigenvalue weighted by atomic mass is 16.1. The summed E-state index contributed by atoms with van der Waals surface area (Å²) in [5.74, 6) is 0.515. The van der Waals surface area contributed by atoms with Gasteiger partial charge in [-0.2, -0.15) is 0 Å². The predicted octanol–water partition coefficient (Wildman–Crippen LogP) is 2.16. The zero-order chi connectivity index (χ0) is 13.1. The fourth-order valence-electron chi connectivity index (χ4n) is 2.67. The van der Waals surface area contributed by atoms with Gasteiger partial charge in [-0.15, -0.1) is 0 Å². The van der Waals surface area contributed by atoms with E-state index >= 15 is 0 Å². The molecule has 1 aromatic rings. The molecule has 0 spiro atoms. The van der Waals surface area contributed by atoms with Crippen molar-refractivity contribution in [1.82, 2.24) is 5.32 Å². The van der Waals surface area contributed by atoms with E-state index in [-0.39, 0.29) is 11.9 Å². The van der Waals surface area contributed by atoms with Gasteiger partial charge in [0.05, 0.1) is 0 Å². The Balaban J connectivity index is 2.02. The SMILES string of the molecule is CC(NC(=O)c1cc(N)cc(N)c1)C1CCCC1. The average Bonchev–Trinajstić information content (AvgIpc) is 2.80. The molecule has 1 fully saturated rings. The Hall–Kier alpha value is -1.71. The minimum absolute atomic E-state index is 0.0894. The third-order valence-corrected chi connectivity index (χ3v) is 3.71. The first kappa shape index (κ1) is 12.7. The highest BCUT2D eigenvalue weighted by Gasteiger charge is 2.23. The summed E-state index contributed by atoms with van der Waals surface area (Å²) in [7, 11) is 0. The van der Waals surface area contributed by atoms with Crippen LogP contribution in [0.3, 0.4) is 0 Å². The first-order chi connectivity index (χ1) is 8.56. The molecule has 1 aromatic carbocycles. The maximum Gasteiger partial charge on any atom is 0.251 e. The Morgan fingerprint density at radius 1 is 1.22 bits per heavy atom. The molecule has 18 heavy (non-hydrogen) atoms. The fraction of sp³-hybridized carbons (Fsp3) is 0.500. The first-order valence-corrected chi connectivity index (χ1v) is 6.53. The quantitative estimate of drug-likeness (QED) is 0.716. The van der Waals surface area contributed by atoms with Gasteiger partial charge >= 0.3 is 0 Å². The van der Waals surface area contributed by atoms with E-state index in [4.69, 9.17) is 11.5 Å². The van der Waals surface area contributed by atoms with Crippen LogP contribution in [0.5, 0.6) is 0 Å². The van der Waals surface area contributed by atoms with Crippen LogP contribution in [0.15, 0.2) is 18.2 Å². The van der Waals surface area contributed by atoms with E-state index in [0.717, 1.165) is 0 Å². The highest BCUT2D eigenvalue weighted by molar-refractivity contribution is 5.96. The molecule has 0 aliphatic heterocycles. The summed E-state index contributed by atoms with van der Waals surface area (Å²) in [6.07, 6.45) is 4.97. The number of nitrogens with two attached hydrogens (primary N) is 2. The van der Waals surface area contributed by atoms with Gasteiger partial charge < -0.3 is 16.8 Å². The molecular formula is C14H21N3O. The first-order valence-electron chi connectivity index (χ1n) is 6.53. The highest BCUT2D eigenvalue weighted by Crippen LogP contribution is 2.27. The summed E-state index contributed by atoms with van der Waals surface area (Å²) in [6.45, 7) is 2.07. The number of hydrogen-bond donors (Lipinski definition) is 3.